The van der Waals surface area contributed by atoms with Gasteiger partial charge < -0.3 is 10.4 Å². The van der Waals surface area contributed by atoms with Crippen LogP contribution in [0.4, 0.5) is 0 Å². The van der Waals surface area contributed by atoms with Gasteiger partial charge >= 0.3 is 0 Å². The van der Waals surface area contributed by atoms with Gasteiger partial charge in [0.15, 0.2) is 0 Å². The molecule has 0 saturated carbocycles. The largest absolute Gasteiger partial charge is 0.388 e. The van der Waals surface area contributed by atoms with Gasteiger partial charge in [0.1, 0.15) is 0 Å². The normalized spacial score (nSPS) is 20.1. The lowest BCUT2D eigenvalue weighted by Crippen LogP contribution is -2.30. The number of hydrogen-bond acceptors (Lipinski definition) is 2. The van der Waals surface area contributed by atoms with Crippen LogP contribution in [0.5, 0.6) is 0 Å². The molecule has 0 amide bonds. The van der Waals surface area contributed by atoms with E-state index in [1.54, 1.807) is 0 Å². The highest BCUT2D eigenvalue weighted by molar-refractivity contribution is 9.10. The summed E-state index contributed by atoms with van der Waals surface area (Å²) in [6, 6.07) is 7.93. The summed E-state index contributed by atoms with van der Waals surface area (Å²) >= 11 is 3.49. The number of piperidine rings is 1. The Morgan fingerprint density at radius 3 is 2.60 bits per heavy atom. The van der Waals surface area contributed by atoms with Gasteiger partial charge in [0.05, 0.1) is 6.10 Å². The Morgan fingerprint density at radius 1 is 1.27 bits per heavy atom. The molecule has 15 heavy (non-hydrogen) atoms. The highest BCUT2D eigenvalue weighted by Crippen LogP contribution is 2.32. The molecule has 0 radical (unpaired) electrons. The highest BCUT2D eigenvalue weighted by atomic mass is 79.9. The second-order valence-electron chi connectivity index (χ2n) is 4.05. The summed E-state index contributed by atoms with van der Waals surface area (Å²) in [5.41, 5.74) is 1.02. The van der Waals surface area contributed by atoms with Crippen LogP contribution in [0, 0.1) is 5.92 Å². The quantitative estimate of drug-likeness (QED) is 0.865. The number of benzene rings is 1. The summed E-state index contributed by atoms with van der Waals surface area (Å²) in [4.78, 5) is 0. The first-order valence-electron chi connectivity index (χ1n) is 5.42. The summed E-state index contributed by atoms with van der Waals surface area (Å²) in [6.45, 7) is 2.04. The number of rotatable bonds is 2. The lowest BCUT2D eigenvalue weighted by molar-refractivity contribution is 0.0883. The first-order chi connectivity index (χ1) is 7.29. The summed E-state index contributed by atoms with van der Waals surface area (Å²) in [7, 11) is 0. The Hall–Kier alpha value is -0.380. The fourth-order valence-corrected chi connectivity index (χ4v) is 2.65. The average molecular weight is 270 g/mol. The second-order valence-corrected chi connectivity index (χ2v) is 4.91. The van der Waals surface area contributed by atoms with Crippen LogP contribution < -0.4 is 5.32 Å². The fourth-order valence-electron chi connectivity index (χ4n) is 2.13. The van der Waals surface area contributed by atoms with Gasteiger partial charge in [-0.1, -0.05) is 34.1 Å². The highest BCUT2D eigenvalue weighted by Gasteiger charge is 2.23. The van der Waals surface area contributed by atoms with Crippen molar-refractivity contribution >= 4 is 15.9 Å². The minimum absolute atomic E-state index is 0.331. The van der Waals surface area contributed by atoms with E-state index in [1.807, 2.05) is 24.3 Å². The number of aliphatic hydroxyl groups is 1. The van der Waals surface area contributed by atoms with Gasteiger partial charge in [0.25, 0.3) is 0 Å². The van der Waals surface area contributed by atoms with Crippen molar-refractivity contribution in [2.75, 3.05) is 13.1 Å². The molecule has 2 rings (SSSR count). The van der Waals surface area contributed by atoms with Gasteiger partial charge in [-0.05, 0) is 43.5 Å². The third kappa shape index (κ3) is 2.60. The molecule has 82 valence electrons. The van der Waals surface area contributed by atoms with Crippen LogP contribution >= 0.6 is 15.9 Å². The van der Waals surface area contributed by atoms with E-state index in [4.69, 9.17) is 0 Å². The number of hydrogen-bond donors (Lipinski definition) is 2. The van der Waals surface area contributed by atoms with E-state index < -0.39 is 0 Å². The van der Waals surface area contributed by atoms with E-state index in [0.717, 1.165) is 36.0 Å². The van der Waals surface area contributed by atoms with Crippen LogP contribution in [0.1, 0.15) is 24.5 Å². The molecule has 1 unspecified atom stereocenters. The van der Waals surface area contributed by atoms with E-state index in [1.165, 1.54) is 0 Å². The van der Waals surface area contributed by atoms with Crippen LogP contribution in [-0.2, 0) is 0 Å². The average Bonchev–Trinajstić information content (AvgIpc) is 2.30. The van der Waals surface area contributed by atoms with Crippen molar-refractivity contribution in [3.8, 4) is 0 Å². The minimum Gasteiger partial charge on any atom is -0.388 e. The molecular formula is C12H16BrNO. The van der Waals surface area contributed by atoms with Crippen LogP contribution in [0.15, 0.2) is 28.7 Å². The number of halogens is 1. The Balaban J connectivity index is 2.12. The summed E-state index contributed by atoms with van der Waals surface area (Å²) < 4.78 is 1.01. The number of nitrogens with one attached hydrogen (secondary N) is 1. The van der Waals surface area contributed by atoms with Crippen molar-refractivity contribution in [3.05, 3.63) is 34.3 Å². The molecule has 0 aliphatic carbocycles. The molecular weight excluding hydrogens is 254 g/mol. The van der Waals surface area contributed by atoms with Gasteiger partial charge in [0.2, 0.25) is 0 Å². The molecule has 0 aromatic heterocycles. The first kappa shape index (κ1) is 11.1. The number of aliphatic hydroxyl groups excluding tert-OH is 1. The predicted octanol–water partition coefficient (Wildman–Crippen LogP) is 2.48. The molecule has 3 heteroatoms. The smallest absolute Gasteiger partial charge is 0.0830 e. The molecule has 2 N–H and O–H groups in total. The van der Waals surface area contributed by atoms with Crippen LogP contribution in [-0.4, -0.2) is 18.2 Å². The standard InChI is InChI=1S/C12H16BrNO/c13-11-4-2-1-3-10(11)12(15)9-5-7-14-8-6-9/h1-4,9,12,14-15H,5-8H2. The van der Waals surface area contributed by atoms with E-state index >= 15 is 0 Å². The maximum Gasteiger partial charge on any atom is 0.0830 e. The van der Waals surface area contributed by atoms with Gasteiger partial charge in [-0.2, -0.15) is 0 Å². The molecule has 0 spiro atoms. The third-order valence-corrected chi connectivity index (χ3v) is 3.78. The zero-order chi connectivity index (χ0) is 10.7. The van der Waals surface area contributed by atoms with Gasteiger partial charge in [-0.3, -0.25) is 0 Å². The maximum absolute atomic E-state index is 10.3. The molecule has 1 aromatic rings. The van der Waals surface area contributed by atoms with Crippen molar-refractivity contribution in [1.29, 1.82) is 0 Å². The molecule has 2 nitrogen and oxygen atoms in total. The summed E-state index contributed by atoms with van der Waals surface area (Å²) in [6.07, 6.45) is 1.79. The molecule has 1 heterocycles. The van der Waals surface area contributed by atoms with Crippen molar-refractivity contribution < 1.29 is 5.11 Å². The molecule has 1 aliphatic rings. The molecule has 0 bridgehead atoms. The minimum atomic E-state index is -0.331. The Labute approximate surface area is 98.8 Å². The van der Waals surface area contributed by atoms with Crippen LogP contribution in [0.3, 0.4) is 0 Å². The second kappa shape index (κ2) is 5.10. The van der Waals surface area contributed by atoms with E-state index in [0.29, 0.717) is 5.92 Å². The van der Waals surface area contributed by atoms with Crippen molar-refractivity contribution in [2.24, 2.45) is 5.92 Å². The zero-order valence-electron chi connectivity index (χ0n) is 8.62. The van der Waals surface area contributed by atoms with E-state index in [9.17, 15) is 5.11 Å². The molecule has 1 fully saturated rings. The van der Waals surface area contributed by atoms with E-state index in [2.05, 4.69) is 21.2 Å². The topological polar surface area (TPSA) is 32.3 Å². The van der Waals surface area contributed by atoms with Gasteiger partial charge in [-0.15, -0.1) is 0 Å². The van der Waals surface area contributed by atoms with E-state index in [-0.39, 0.29) is 6.10 Å². The van der Waals surface area contributed by atoms with Crippen molar-refractivity contribution in [1.82, 2.24) is 5.32 Å². The third-order valence-electron chi connectivity index (χ3n) is 3.05. The zero-order valence-corrected chi connectivity index (χ0v) is 10.2. The predicted molar refractivity (Wildman–Crippen MR) is 64.7 cm³/mol. The molecule has 1 atom stereocenters. The molecule has 1 saturated heterocycles. The van der Waals surface area contributed by atoms with Gasteiger partial charge in [-0.25, -0.2) is 0 Å². The monoisotopic (exact) mass is 269 g/mol. The maximum atomic E-state index is 10.3. The Kier molecular flexibility index (Phi) is 3.78. The SMILES string of the molecule is OC(c1ccccc1Br)C1CCNCC1. The van der Waals surface area contributed by atoms with Crippen molar-refractivity contribution in [3.63, 3.8) is 0 Å². The van der Waals surface area contributed by atoms with Crippen LogP contribution in [0.2, 0.25) is 0 Å². The summed E-state index contributed by atoms with van der Waals surface area (Å²) in [5, 5.41) is 13.6. The van der Waals surface area contributed by atoms with Crippen molar-refractivity contribution in [2.45, 2.75) is 18.9 Å². The summed E-state index contributed by atoms with van der Waals surface area (Å²) in [5.74, 6) is 0.393. The lowest BCUT2D eigenvalue weighted by Gasteiger charge is -2.28. The van der Waals surface area contributed by atoms with Gasteiger partial charge in [0, 0.05) is 4.47 Å². The first-order valence-corrected chi connectivity index (χ1v) is 6.21. The Morgan fingerprint density at radius 2 is 1.93 bits per heavy atom. The fraction of sp³-hybridized carbons (Fsp3) is 0.500. The van der Waals surface area contributed by atoms with Crippen LogP contribution in [0.25, 0.3) is 0 Å². The lowest BCUT2D eigenvalue weighted by atomic mass is 9.88. The molecule has 1 aromatic carbocycles. The Bertz CT molecular complexity index is 323. The molecule has 1 aliphatic heterocycles.